The highest BCUT2D eigenvalue weighted by Gasteiger charge is 2.24. The molecule has 26 aromatic rings. The fourth-order valence-electron chi connectivity index (χ4n) is 18.9. The first-order chi connectivity index (χ1) is 64.9. The van der Waals surface area contributed by atoms with Gasteiger partial charge in [0.2, 0.25) is 5.95 Å². The van der Waals surface area contributed by atoms with Gasteiger partial charge in [0.1, 0.15) is 0 Å². The fraction of sp³-hybridized carbons (Fsp3) is 0. The van der Waals surface area contributed by atoms with Crippen LogP contribution in [-0.4, -0.2) is 9.97 Å². The highest BCUT2D eigenvalue weighted by Crippen LogP contribution is 2.49. The highest BCUT2D eigenvalue weighted by molar-refractivity contribution is 7.27. The predicted molar refractivity (Wildman–Crippen MR) is 568 cm³/mol. The molecule has 26 rings (SSSR count). The van der Waals surface area contributed by atoms with Crippen molar-refractivity contribution in [1.82, 2.24) is 9.97 Å². The van der Waals surface area contributed by atoms with Crippen LogP contribution in [0.4, 0.5) is 51.4 Å². The van der Waals surface area contributed by atoms with E-state index in [0.29, 0.717) is 5.95 Å². The minimum absolute atomic E-state index is 0.659. The third-order valence-electron chi connectivity index (χ3n) is 25.2. The number of thiophene rings is 4. The van der Waals surface area contributed by atoms with Crippen molar-refractivity contribution in [3.63, 3.8) is 0 Å². The van der Waals surface area contributed by atoms with Gasteiger partial charge < -0.3 is 9.80 Å². The topological polar surface area (TPSA) is 35.5 Å². The summed E-state index contributed by atoms with van der Waals surface area (Å²) in [5.74, 6) is 0.659. The predicted octanol–water partition coefficient (Wildman–Crippen LogP) is 36.7. The number of hydrogen-bond acceptors (Lipinski definition) is 9. The zero-order valence-electron chi connectivity index (χ0n) is 71.0. The number of nitrogens with zero attached hydrogens (tertiary/aromatic N) is 5. The monoisotopic (exact) mass is 1740 g/mol. The SMILES string of the molecule is c1ccc(-c2cccc(N(c3ccccc3)c3ccc(-c4ccc5sc6c7ccccc7c7ccccc7c6c5c4)cc3)c2)cc1.c1ccc(N(c2ccccc2)c2cccc(-c3cccc(-c4ccc5sc6c7ccccc7ccc6c5c4)c3)c2)cc1.c1ccc2c(N(c3ccc(-c4ccc5sc6ccccc6c5c4)cc3)c3ncc4sc5ccccc5c4n3)cccc2c1. The molecule has 5 aromatic heterocycles. The van der Waals surface area contributed by atoms with Gasteiger partial charge in [-0.15, -0.1) is 45.3 Å². The van der Waals surface area contributed by atoms with E-state index in [9.17, 15) is 0 Å². The largest absolute Gasteiger partial charge is 0.310 e. The molecule has 131 heavy (non-hydrogen) atoms. The molecule has 0 saturated carbocycles. The summed E-state index contributed by atoms with van der Waals surface area (Å²) < 4.78 is 10.3. The van der Waals surface area contributed by atoms with Gasteiger partial charge >= 0.3 is 0 Å². The van der Waals surface area contributed by atoms with E-state index in [0.717, 1.165) is 66.5 Å². The molecule has 0 atom stereocenters. The second-order valence-corrected chi connectivity index (χ2v) is 37.3. The average Bonchev–Trinajstić information content (AvgIpc) is 1.58. The molecule has 9 heteroatoms. The Labute approximate surface area is 774 Å². The summed E-state index contributed by atoms with van der Waals surface area (Å²) in [5, 5.41) is 19.4. The van der Waals surface area contributed by atoms with Gasteiger partial charge in [-0.25, -0.2) is 9.97 Å². The molecule has 0 radical (unpaired) electrons. The van der Waals surface area contributed by atoms with Gasteiger partial charge in [-0.1, -0.05) is 328 Å². The lowest BCUT2D eigenvalue weighted by molar-refractivity contribution is 1.12. The third kappa shape index (κ3) is 14.8. The Morgan fingerprint density at radius 2 is 0.527 bits per heavy atom. The summed E-state index contributed by atoms with van der Waals surface area (Å²) in [6.07, 6.45) is 1.97. The molecule has 616 valence electrons. The van der Waals surface area contributed by atoms with Crippen molar-refractivity contribution < 1.29 is 0 Å². The van der Waals surface area contributed by atoms with Crippen molar-refractivity contribution >= 4 is 221 Å². The minimum Gasteiger partial charge on any atom is -0.310 e. The molecule has 0 amide bonds. The second-order valence-electron chi connectivity index (χ2n) is 33.0. The lowest BCUT2D eigenvalue weighted by atomic mass is 9.96. The standard InChI is InChI=1S/C44H29NS.C40H27NS.C38H23N3S2/c1-3-12-30(13-4-1)32-14-11-17-36(28-32)45(34-15-5-2-6-16-34)35-25-22-31(23-26-35)33-24-27-42-41(29-33)43-39-20-9-7-18-37(39)38-19-8-10-21-40(38)44(43)46-42;1-3-15-33(16-4-1)41(34-17-5-2-6-18-34)35-19-10-14-31(26-35)29-12-9-13-30(25-29)32-22-24-39-38(27-32)37-23-21-28-11-7-8-20-36(28)40(37)42-39;1-2-10-28-25(8-1)9-7-13-32(28)41(38-39-23-36-37(40-38)30-12-4-6-15-34(30)43-36)27-19-16-24(17-20-27)26-18-21-35-31(22-26)29-11-3-5-14-33(29)42-35/h1-29H;1-27H;1-23H. The molecule has 0 fully saturated rings. The van der Waals surface area contributed by atoms with E-state index < -0.39 is 0 Å². The Morgan fingerprint density at radius 3 is 1.14 bits per heavy atom. The normalized spacial score (nSPS) is 11.5. The maximum Gasteiger partial charge on any atom is 0.235 e. The van der Waals surface area contributed by atoms with Crippen LogP contribution in [-0.2, 0) is 0 Å². The Bertz CT molecular complexity index is 8770. The molecule has 0 aliphatic heterocycles. The maximum atomic E-state index is 5.19. The van der Waals surface area contributed by atoms with E-state index in [1.807, 2.05) is 40.2 Å². The summed E-state index contributed by atoms with van der Waals surface area (Å²) in [6, 6.07) is 170. The number of anilines is 9. The Kier molecular flexibility index (Phi) is 20.4. The van der Waals surface area contributed by atoms with Crippen molar-refractivity contribution in [2.24, 2.45) is 0 Å². The first-order valence-corrected chi connectivity index (χ1v) is 47.5. The summed E-state index contributed by atoms with van der Waals surface area (Å²) in [6.45, 7) is 0. The molecule has 5 heterocycles. The van der Waals surface area contributed by atoms with E-state index in [2.05, 4.69) is 488 Å². The van der Waals surface area contributed by atoms with E-state index in [-0.39, 0.29) is 0 Å². The van der Waals surface area contributed by atoms with Gasteiger partial charge in [0.05, 0.1) is 22.1 Å². The molecule has 0 saturated heterocycles. The van der Waals surface area contributed by atoms with Crippen molar-refractivity contribution in [3.05, 3.63) is 479 Å². The average molecular weight is 1740 g/mol. The van der Waals surface area contributed by atoms with E-state index >= 15 is 0 Å². The Morgan fingerprint density at radius 1 is 0.176 bits per heavy atom. The molecule has 0 aliphatic carbocycles. The number of fused-ring (bicyclic) bond motifs is 20. The second kappa shape index (κ2) is 34.0. The van der Waals surface area contributed by atoms with Crippen LogP contribution in [0.25, 0.3) is 180 Å². The third-order valence-corrected chi connectivity index (χ3v) is 29.9. The Hall–Kier alpha value is -16.0. The molecular formula is C122H79N5S4. The van der Waals surface area contributed by atoms with E-state index in [1.165, 1.54) is 159 Å². The highest BCUT2D eigenvalue weighted by atomic mass is 32.1. The zero-order valence-corrected chi connectivity index (χ0v) is 74.2. The molecular weight excluding hydrogens is 1660 g/mol. The van der Waals surface area contributed by atoms with Crippen LogP contribution >= 0.6 is 45.3 Å². The van der Waals surface area contributed by atoms with Crippen LogP contribution in [0.5, 0.6) is 0 Å². The number of hydrogen-bond donors (Lipinski definition) is 0. The quantitative estimate of drug-likeness (QED) is 0.101. The minimum atomic E-state index is 0.659. The molecule has 0 N–H and O–H groups in total. The van der Waals surface area contributed by atoms with Gasteiger partial charge in [-0.3, -0.25) is 4.90 Å². The van der Waals surface area contributed by atoms with Crippen molar-refractivity contribution in [2.45, 2.75) is 0 Å². The zero-order chi connectivity index (χ0) is 86.7. The van der Waals surface area contributed by atoms with Crippen LogP contribution < -0.4 is 14.7 Å². The van der Waals surface area contributed by atoms with Gasteiger partial charge in [0.25, 0.3) is 0 Å². The van der Waals surface area contributed by atoms with E-state index in [1.54, 1.807) is 11.3 Å². The molecule has 0 bridgehead atoms. The fourth-order valence-corrected chi connectivity index (χ4v) is 23.5. The van der Waals surface area contributed by atoms with Gasteiger partial charge in [0, 0.05) is 121 Å². The smallest absolute Gasteiger partial charge is 0.235 e. The van der Waals surface area contributed by atoms with Crippen molar-refractivity contribution in [1.29, 1.82) is 0 Å². The summed E-state index contributed by atoms with van der Waals surface area (Å²) in [5.41, 5.74) is 22.0. The first-order valence-electron chi connectivity index (χ1n) is 44.2. The maximum absolute atomic E-state index is 5.19. The van der Waals surface area contributed by atoms with Gasteiger partial charge in [0.15, 0.2) is 0 Å². The molecule has 0 spiro atoms. The number of rotatable bonds is 14. The van der Waals surface area contributed by atoms with Crippen molar-refractivity contribution in [3.8, 4) is 55.6 Å². The van der Waals surface area contributed by atoms with Gasteiger partial charge in [-0.2, -0.15) is 0 Å². The van der Waals surface area contributed by atoms with Crippen LogP contribution in [0, 0.1) is 0 Å². The lowest BCUT2D eigenvalue weighted by Gasteiger charge is -2.26. The first kappa shape index (κ1) is 78.5. The number of benzene rings is 21. The lowest BCUT2D eigenvalue weighted by Crippen LogP contribution is -2.13. The summed E-state index contributed by atoms with van der Waals surface area (Å²) in [4.78, 5) is 17.0. The van der Waals surface area contributed by atoms with Crippen molar-refractivity contribution in [2.75, 3.05) is 14.7 Å². The molecule has 0 unspecified atom stereocenters. The molecule has 21 aromatic carbocycles. The van der Waals surface area contributed by atoms with Crippen LogP contribution in [0.3, 0.4) is 0 Å². The van der Waals surface area contributed by atoms with Crippen LogP contribution in [0.2, 0.25) is 0 Å². The molecule has 0 aliphatic rings. The summed E-state index contributed by atoms with van der Waals surface area (Å²) in [7, 11) is 0. The van der Waals surface area contributed by atoms with E-state index in [4.69, 9.17) is 9.97 Å². The Balaban J connectivity index is 0.000000109. The number of aromatic nitrogens is 2. The summed E-state index contributed by atoms with van der Waals surface area (Å²) >= 11 is 7.38. The molecule has 5 nitrogen and oxygen atoms in total. The number of para-hydroxylation sites is 3. The van der Waals surface area contributed by atoms with Crippen LogP contribution in [0.1, 0.15) is 0 Å². The van der Waals surface area contributed by atoms with Crippen LogP contribution in [0.15, 0.2) is 479 Å². The van der Waals surface area contributed by atoms with Gasteiger partial charge in [-0.05, 0) is 234 Å².